The molecule has 3 heteroatoms. The number of benzene rings is 1. The molecule has 0 atom stereocenters. The number of nitrogens with zero attached hydrogens (tertiary/aromatic N) is 1. The molecule has 0 amide bonds. The Morgan fingerprint density at radius 2 is 2.06 bits per heavy atom. The first-order valence-electron chi connectivity index (χ1n) is 5.93. The van der Waals surface area contributed by atoms with E-state index in [2.05, 4.69) is 38.0 Å². The van der Waals surface area contributed by atoms with Gasteiger partial charge in [-0.25, -0.2) is 0 Å². The normalized spacial score (nSPS) is 11.1. The smallest absolute Gasteiger partial charge is 0.264 e. The van der Waals surface area contributed by atoms with Gasteiger partial charge < -0.3 is 0 Å². The van der Waals surface area contributed by atoms with E-state index in [0.29, 0.717) is 5.92 Å². The zero-order chi connectivity index (χ0) is 12.4. The lowest BCUT2D eigenvalue weighted by molar-refractivity contribution is 0.485. The van der Waals surface area contributed by atoms with Gasteiger partial charge in [-0.05, 0) is 18.9 Å². The monoisotopic (exact) mass is 230 g/mol. The third-order valence-electron chi connectivity index (χ3n) is 2.67. The second kappa shape index (κ2) is 4.62. The summed E-state index contributed by atoms with van der Waals surface area (Å²) < 4.78 is 1.93. The molecule has 0 aliphatic heterocycles. The van der Waals surface area contributed by atoms with Gasteiger partial charge in [-0.1, -0.05) is 37.6 Å². The minimum Gasteiger partial charge on any atom is -0.284 e. The van der Waals surface area contributed by atoms with Gasteiger partial charge in [0.15, 0.2) is 0 Å². The van der Waals surface area contributed by atoms with E-state index in [9.17, 15) is 4.79 Å². The molecule has 3 nitrogen and oxygen atoms in total. The molecule has 90 valence electrons. The second-order valence-electron chi connectivity index (χ2n) is 4.88. The van der Waals surface area contributed by atoms with Gasteiger partial charge in [0.2, 0.25) is 0 Å². The van der Waals surface area contributed by atoms with Crippen molar-refractivity contribution in [2.24, 2.45) is 5.92 Å². The third kappa shape index (κ3) is 2.67. The highest BCUT2D eigenvalue weighted by Gasteiger charge is 2.08. The number of aromatic amines is 1. The molecule has 0 fully saturated rings. The standard InChI is InChI=1S/C14H18N2O/c1-10(2)9-16-13(8-14(17)15-16)12-6-4-5-11(3)7-12/h4-8,10H,9H2,1-3H3,(H,15,17). The lowest BCUT2D eigenvalue weighted by Crippen LogP contribution is -2.10. The van der Waals surface area contributed by atoms with Gasteiger partial charge >= 0.3 is 0 Å². The second-order valence-corrected chi connectivity index (χ2v) is 4.88. The van der Waals surface area contributed by atoms with Gasteiger partial charge in [-0.2, -0.15) is 0 Å². The quantitative estimate of drug-likeness (QED) is 0.865. The van der Waals surface area contributed by atoms with E-state index < -0.39 is 0 Å². The summed E-state index contributed by atoms with van der Waals surface area (Å²) in [5.41, 5.74) is 3.21. The molecular weight excluding hydrogens is 212 g/mol. The Morgan fingerprint density at radius 1 is 1.29 bits per heavy atom. The van der Waals surface area contributed by atoms with Crippen molar-refractivity contribution in [2.75, 3.05) is 0 Å². The van der Waals surface area contributed by atoms with Crippen molar-refractivity contribution < 1.29 is 0 Å². The van der Waals surface area contributed by atoms with E-state index in [-0.39, 0.29) is 5.56 Å². The summed E-state index contributed by atoms with van der Waals surface area (Å²) in [6.07, 6.45) is 0. The number of aryl methyl sites for hydroxylation is 1. The summed E-state index contributed by atoms with van der Waals surface area (Å²) in [7, 11) is 0. The Labute approximate surface area is 101 Å². The zero-order valence-electron chi connectivity index (χ0n) is 10.5. The van der Waals surface area contributed by atoms with Crippen molar-refractivity contribution in [1.29, 1.82) is 0 Å². The molecule has 17 heavy (non-hydrogen) atoms. The van der Waals surface area contributed by atoms with Crippen molar-refractivity contribution in [2.45, 2.75) is 27.3 Å². The van der Waals surface area contributed by atoms with E-state index in [1.165, 1.54) is 5.56 Å². The van der Waals surface area contributed by atoms with Crippen molar-refractivity contribution >= 4 is 0 Å². The topological polar surface area (TPSA) is 37.8 Å². The Hall–Kier alpha value is -1.77. The summed E-state index contributed by atoms with van der Waals surface area (Å²) in [5.74, 6) is 0.501. The van der Waals surface area contributed by atoms with Crippen LogP contribution in [0.25, 0.3) is 11.3 Å². The van der Waals surface area contributed by atoms with Crippen LogP contribution < -0.4 is 5.56 Å². The van der Waals surface area contributed by atoms with Gasteiger partial charge in [-0.3, -0.25) is 14.6 Å². The van der Waals surface area contributed by atoms with Crippen LogP contribution in [0.1, 0.15) is 19.4 Å². The van der Waals surface area contributed by atoms with E-state index in [1.54, 1.807) is 6.07 Å². The molecule has 0 saturated carbocycles. The average molecular weight is 230 g/mol. The molecule has 2 rings (SSSR count). The molecule has 0 radical (unpaired) electrons. The van der Waals surface area contributed by atoms with Crippen molar-refractivity contribution in [3.05, 3.63) is 46.2 Å². The molecule has 0 bridgehead atoms. The first-order chi connectivity index (χ1) is 8.06. The van der Waals surface area contributed by atoms with Crippen LogP contribution >= 0.6 is 0 Å². The molecule has 0 saturated heterocycles. The van der Waals surface area contributed by atoms with Gasteiger partial charge in [0.25, 0.3) is 5.56 Å². The molecule has 0 aliphatic rings. The van der Waals surface area contributed by atoms with E-state index in [4.69, 9.17) is 0 Å². The number of nitrogens with one attached hydrogen (secondary N) is 1. The summed E-state index contributed by atoms with van der Waals surface area (Å²) in [5, 5.41) is 2.86. The minimum atomic E-state index is -0.0397. The fourth-order valence-corrected chi connectivity index (χ4v) is 1.98. The van der Waals surface area contributed by atoms with Crippen molar-refractivity contribution in [3.8, 4) is 11.3 Å². The van der Waals surface area contributed by atoms with E-state index in [0.717, 1.165) is 17.8 Å². The summed E-state index contributed by atoms with van der Waals surface area (Å²) in [4.78, 5) is 11.5. The van der Waals surface area contributed by atoms with Crippen molar-refractivity contribution in [1.82, 2.24) is 9.78 Å². The van der Waals surface area contributed by atoms with Gasteiger partial charge in [0, 0.05) is 18.2 Å². The average Bonchev–Trinajstić information content (AvgIpc) is 2.58. The van der Waals surface area contributed by atoms with Crippen LogP contribution in [0.4, 0.5) is 0 Å². The van der Waals surface area contributed by atoms with Gasteiger partial charge in [0.05, 0.1) is 5.69 Å². The molecule has 2 aromatic rings. The maximum absolute atomic E-state index is 11.5. The molecule has 0 unspecified atom stereocenters. The largest absolute Gasteiger partial charge is 0.284 e. The van der Waals surface area contributed by atoms with Crippen LogP contribution in [-0.2, 0) is 6.54 Å². The molecule has 1 aromatic heterocycles. The molecule has 1 N–H and O–H groups in total. The number of hydrogen-bond donors (Lipinski definition) is 1. The maximum Gasteiger partial charge on any atom is 0.264 e. The number of hydrogen-bond acceptors (Lipinski definition) is 1. The first-order valence-corrected chi connectivity index (χ1v) is 5.93. The Kier molecular flexibility index (Phi) is 3.18. The summed E-state index contributed by atoms with van der Waals surface area (Å²) >= 11 is 0. The van der Waals surface area contributed by atoms with Crippen LogP contribution in [-0.4, -0.2) is 9.78 Å². The highest BCUT2D eigenvalue weighted by Crippen LogP contribution is 2.19. The lowest BCUT2D eigenvalue weighted by Gasteiger charge is -2.11. The third-order valence-corrected chi connectivity index (χ3v) is 2.67. The van der Waals surface area contributed by atoms with E-state index in [1.807, 2.05) is 16.8 Å². The summed E-state index contributed by atoms with van der Waals surface area (Å²) in [6, 6.07) is 9.87. The SMILES string of the molecule is Cc1cccc(-c2cc(=O)[nH]n2CC(C)C)c1. The van der Waals surface area contributed by atoms with Gasteiger partial charge in [-0.15, -0.1) is 0 Å². The fourth-order valence-electron chi connectivity index (χ4n) is 1.98. The van der Waals surface area contributed by atoms with Crippen LogP contribution in [0.15, 0.2) is 35.1 Å². The van der Waals surface area contributed by atoms with E-state index >= 15 is 0 Å². The number of aromatic nitrogens is 2. The fraction of sp³-hybridized carbons (Fsp3) is 0.357. The maximum atomic E-state index is 11.5. The first kappa shape index (κ1) is 11.7. The molecular formula is C14H18N2O. The molecule has 1 aromatic carbocycles. The predicted molar refractivity (Wildman–Crippen MR) is 70.1 cm³/mol. The highest BCUT2D eigenvalue weighted by molar-refractivity contribution is 5.60. The van der Waals surface area contributed by atoms with Crippen LogP contribution in [0.5, 0.6) is 0 Å². The predicted octanol–water partition coefficient (Wildman–Crippen LogP) is 2.81. The Morgan fingerprint density at radius 3 is 2.71 bits per heavy atom. The molecule has 0 spiro atoms. The summed E-state index contributed by atoms with van der Waals surface area (Å²) in [6.45, 7) is 7.16. The zero-order valence-corrected chi connectivity index (χ0v) is 10.5. The number of H-pyrrole nitrogens is 1. The van der Waals surface area contributed by atoms with Crippen LogP contribution in [0.3, 0.4) is 0 Å². The Bertz CT molecular complexity index is 564. The molecule has 1 heterocycles. The van der Waals surface area contributed by atoms with Crippen LogP contribution in [0.2, 0.25) is 0 Å². The Balaban J connectivity index is 2.47. The lowest BCUT2D eigenvalue weighted by atomic mass is 10.1. The van der Waals surface area contributed by atoms with Crippen molar-refractivity contribution in [3.63, 3.8) is 0 Å². The number of rotatable bonds is 3. The minimum absolute atomic E-state index is 0.0397. The van der Waals surface area contributed by atoms with Gasteiger partial charge in [0.1, 0.15) is 0 Å². The highest BCUT2D eigenvalue weighted by atomic mass is 16.1. The van der Waals surface area contributed by atoms with Crippen LogP contribution in [0, 0.1) is 12.8 Å². The molecule has 0 aliphatic carbocycles.